The summed E-state index contributed by atoms with van der Waals surface area (Å²) in [6.07, 6.45) is 5.29. The van der Waals surface area contributed by atoms with Crippen molar-refractivity contribution in [3.05, 3.63) is 71.1 Å². The minimum Gasteiger partial charge on any atom is -0.481 e. The van der Waals surface area contributed by atoms with Gasteiger partial charge in [0.2, 0.25) is 5.76 Å². The molecule has 1 saturated carbocycles. The highest BCUT2D eigenvalue weighted by Crippen LogP contribution is 2.47. The summed E-state index contributed by atoms with van der Waals surface area (Å²) >= 11 is 0. The monoisotopic (exact) mass is 421 g/mol. The second kappa shape index (κ2) is 11.8. The van der Waals surface area contributed by atoms with Gasteiger partial charge in [0.25, 0.3) is 0 Å². The van der Waals surface area contributed by atoms with E-state index < -0.39 is 5.97 Å². The molecule has 164 valence electrons. The molecule has 2 aromatic heterocycles. The molecule has 1 N–H and O–H groups in total. The highest BCUT2D eigenvalue weighted by molar-refractivity contribution is 5.75. The van der Waals surface area contributed by atoms with Gasteiger partial charge >= 0.3 is 5.97 Å². The van der Waals surface area contributed by atoms with Gasteiger partial charge in [-0.25, -0.2) is 4.98 Å². The Kier molecular flexibility index (Phi) is 9.08. The topological polar surface area (TPSA) is 81.2 Å². The number of aliphatic carboxylic acids is 1. The summed E-state index contributed by atoms with van der Waals surface area (Å²) in [5.41, 5.74) is 2.71. The number of nitrogens with zero attached hydrogens (tertiary/aromatic N) is 3. The SMILES string of the molecule is CC.CC.CCc1nccn1Cc1cc(C#Cc2ccc(C3CC3C(=O)O)cc2)on1. The summed E-state index contributed by atoms with van der Waals surface area (Å²) < 4.78 is 7.34. The highest BCUT2D eigenvalue weighted by atomic mass is 16.5. The van der Waals surface area contributed by atoms with E-state index >= 15 is 0 Å². The first-order valence-electron chi connectivity index (χ1n) is 10.9. The average molecular weight is 422 g/mol. The number of imidazole rings is 1. The van der Waals surface area contributed by atoms with Crippen molar-refractivity contribution in [3.8, 4) is 11.8 Å². The number of aryl methyl sites for hydroxylation is 1. The van der Waals surface area contributed by atoms with E-state index in [-0.39, 0.29) is 11.8 Å². The van der Waals surface area contributed by atoms with E-state index in [9.17, 15) is 4.79 Å². The van der Waals surface area contributed by atoms with Crippen LogP contribution in [0.1, 0.15) is 75.4 Å². The standard InChI is InChI=1S/C21H19N3O3.2C2H6/c1-2-20-22-9-10-24(20)13-16-11-17(27-23-16)8-5-14-3-6-15(7-4-14)18-12-19(18)21(25)26;2*1-2/h3-4,6-7,9-11,18-19H,2,12-13H2,1H3,(H,25,26);2*1-2H3. The van der Waals surface area contributed by atoms with Gasteiger partial charge in [-0.15, -0.1) is 0 Å². The third-order valence-electron chi connectivity index (χ3n) is 4.79. The maximum Gasteiger partial charge on any atom is 0.307 e. The first kappa shape index (κ1) is 23.9. The van der Waals surface area contributed by atoms with Crippen molar-refractivity contribution in [3.63, 3.8) is 0 Å². The van der Waals surface area contributed by atoms with Crippen LogP contribution in [0.15, 0.2) is 47.2 Å². The van der Waals surface area contributed by atoms with Gasteiger partial charge < -0.3 is 14.2 Å². The second-order valence-electron chi connectivity index (χ2n) is 6.67. The van der Waals surface area contributed by atoms with Gasteiger partial charge in [-0.2, -0.15) is 0 Å². The van der Waals surface area contributed by atoms with Gasteiger partial charge in [-0.05, 0) is 36.0 Å². The molecule has 0 bridgehead atoms. The van der Waals surface area contributed by atoms with E-state index in [2.05, 4.69) is 28.9 Å². The molecule has 0 aliphatic heterocycles. The van der Waals surface area contributed by atoms with Crippen molar-refractivity contribution in [2.75, 3.05) is 0 Å². The van der Waals surface area contributed by atoms with Crippen LogP contribution >= 0.6 is 0 Å². The van der Waals surface area contributed by atoms with Crippen LogP contribution < -0.4 is 0 Å². The van der Waals surface area contributed by atoms with E-state index in [1.165, 1.54) is 0 Å². The minimum atomic E-state index is -0.716. The molecule has 0 radical (unpaired) electrons. The molecular formula is C25H31N3O3. The largest absolute Gasteiger partial charge is 0.481 e. The lowest BCUT2D eigenvalue weighted by Gasteiger charge is -2.02. The number of carboxylic acids is 1. The van der Waals surface area contributed by atoms with Gasteiger partial charge in [0.1, 0.15) is 11.5 Å². The Morgan fingerprint density at radius 2 is 1.90 bits per heavy atom. The van der Waals surface area contributed by atoms with Crippen LogP contribution in [0, 0.1) is 17.8 Å². The Balaban J connectivity index is 0.000000807. The van der Waals surface area contributed by atoms with Crippen LogP contribution in [-0.2, 0) is 17.8 Å². The van der Waals surface area contributed by atoms with Crippen molar-refractivity contribution in [1.29, 1.82) is 0 Å². The lowest BCUT2D eigenvalue weighted by atomic mass is 10.1. The van der Waals surface area contributed by atoms with E-state index in [0.717, 1.165) is 35.5 Å². The number of aromatic nitrogens is 3. The Hall–Kier alpha value is -3.33. The summed E-state index contributed by atoms with van der Waals surface area (Å²) in [4.78, 5) is 15.3. The van der Waals surface area contributed by atoms with Gasteiger partial charge in [0.15, 0.2) is 0 Å². The van der Waals surface area contributed by atoms with Crippen LogP contribution in [0.2, 0.25) is 0 Å². The number of hydrogen-bond acceptors (Lipinski definition) is 4. The molecule has 6 heteroatoms. The molecule has 2 heterocycles. The normalized spacial score (nSPS) is 16.0. The Morgan fingerprint density at radius 1 is 1.19 bits per heavy atom. The highest BCUT2D eigenvalue weighted by Gasteiger charge is 2.43. The molecule has 0 amide bonds. The number of carbonyl (C=O) groups is 1. The fourth-order valence-electron chi connectivity index (χ4n) is 3.20. The summed E-state index contributed by atoms with van der Waals surface area (Å²) in [5, 5.41) is 13.1. The molecule has 0 saturated heterocycles. The lowest BCUT2D eigenvalue weighted by molar-refractivity contribution is -0.138. The number of hydrogen-bond donors (Lipinski definition) is 1. The molecule has 31 heavy (non-hydrogen) atoms. The van der Waals surface area contributed by atoms with Crippen LogP contribution in [0.3, 0.4) is 0 Å². The molecular weight excluding hydrogens is 390 g/mol. The molecule has 1 aliphatic rings. The maximum absolute atomic E-state index is 11.0. The zero-order valence-corrected chi connectivity index (χ0v) is 18.9. The molecule has 1 aromatic carbocycles. The summed E-state index contributed by atoms with van der Waals surface area (Å²) in [6, 6.07) is 9.57. The van der Waals surface area contributed by atoms with Crippen LogP contribution in [-0.4, -0.2) is 25.8 Å². The van der Waals surface area contributed by atoms with E-state index in [4.69, 9.17) is 9.63 Å². The smallest absolute Gasteiger partial charge is 0.307 e. The molecule has 2 atom stereocenters. The molecule has 4 rings (SSSR count). The molecule has 0 spiro atoms. The quantitative estimate of drug-likeness (QED) is 0.578. The fourth-order valence-corrected chi connectivity index (χ4v) is 3.20. The van der Waals surface area contributed by atoms with E-state index in [1.807, 2.05) is 68.8 Å². The number of carboxylic acid groups (broad SMARTS) is 1. The van der Waals surface area contributed by atoms with Crippen molar-refractivity contribution >= 4 is 5.97 Å². The summed E-state index contributed by atoms with van der Waals surface area (Å²) in [5.74, 6) is 6.74. The van der Waals surface area contributed by atoms with Crippen molar-refractivity contribution in [1.82, 2.24) is 14.7 Å². The number of benzene rings is 1. The van der Waals surface area contributed by atoms with Crippen molar-refractivity contribution in [2.45, 2.75) is 59.9 Å². The van der Waals surface area contributed by atoms with Crippen molar-refractivity contribution < 1.29 is 14.4 Å². The van der Waals surface area contributed by atoms with Gasteiger partial charge in [-0.3, -0.25) is 4.79 Å². The first-order valence-corrected chi connectivity index (χ1v) is 10.9. The van der Waals surface area contributed by atoms with Crippen LogP contribution in [0.4, 0.5) is 0 Å². The Morgan fingerprint density at radius 3 is 2.52 bits per heavy atom. The molecule has 6 nitrogen and oxygen atoms in total. The minimum absolute atomic E-state index is 0.137. The molecule has 1 fully saturated rings. The van der Waals surface area contributed by atoms with Crippen molar-refractivity contribution in [2.24, 2.45) is 5.92 Å². The maximum atomic E-state index is 11.0. The second-order valence-corrected chi connectivity index (χ2v) is 6.67. The first-order chi connectivity index (χ1) is 15.1. The Bertz CT molecular complexity index is 1020. The fraction of sp³-hybridized carbons (Fsp3) is 0.400. The zero-order valence-electron chi connectivity index (χ0n) is 18.9. The van der Waals surface area contributed by atoms with Gasteiger partial charge in [0.05, 0.1) is 12.5 Å². The van der Waals surface area contributed by atoms with Gasteiger partial charge in [-0.1, -0.05) is 57.8 Å². The zero-order chi connectivity index (χ0) is 22.8. The molecule has 3 aromatic rings. The van der Waals surface area contributed by atoms with Crippen LogP contribution in [0.25, 0.3) is 0 Å². The van der Waals surface area contributed by atoms with E-state index in [0.29, 0.717) is 12.3 Å². The third-order valence-corrected chi connectivity index (χ3v) is 4.79. The number of rotatable bonds is 5. The predicted molar refractivity (Wildman–Crippen MR) is 121 cm³/mol. The van der Waals surface area contributed by atoms with E-state index in [1.54, 1.807) is 6.20 Å². The Labute approximate surface area is 184 Å². The summed E-state index contributed by atoms with van der Waals surface area (Å²) in [7, 11) is 0. The van der Waals surface area contributed by atoms with Gasteiger partial charge in [0, 0.05) is 30.4 Å². The summed E-state index contributed by atoms with van der Waals surface area (Å²) in [6.45, 7) is 10.7. The van der Waals surface area contributed by atoms with Crippen LogP contribution in [0.5, 0.6) is 0 Å². The predicted octanol–water partition coefficient (Wildman–Crippen LogP) is 5.12. The average Bonchev–Trinajstić information content (AvgIpc) is 3.30. The lowest BCUT2D eigenvalue weighted by Crippen LogP contribution is -2.03. The molecule has 1 aliphatic carbocycles. The third kappa shape index (κ3) is 6.32. The molecule has 2 unspecified atom stereocenters.